The molecule has 0 saturated heterocycles. The summed E-state index contributed by atoms with van der Waals surface area (Å²) in [4.78, 5) is 24.1. The Labute approximate surface area is 142 Å². The van der Waals surface area contributed by atoms with Gasteiger partial charge in [-0.1, -0.05) is 0 Å². The Bertz CT molecular complexity index is 976. The van der Waals surface area contributed by atoms with Crippen molar-refractivity contribution in [3.05, 3.63) is 62.9 Å². The minimum absolute atomic E-state index is 0.00610. The zero-order valence-electron chi connectivity index (χ0n) is 13.5. The van der Waals surface area contributed by atoms with Gasteiger partial charge in [0.1, 0.15) is 28.9 Å². The van der Waals surface area contributed by atoms with Gasteiger partial charge in [0.25, 0.3) is 0 Å². The van der Waals surface area contributed by atoms with Crippen molar-refractivity contribution in [1.82, 2.24) is 0 Å². The number of rotatable bonds is 3. The first-order chi connectivity index (χ1) is 12.0. The van der Waals surface area contributed by atoms with E-state index in [1.165, 1.54) is 18.2 Å². The van der Waals surface area contributed by atoms with Crippen LogP contribution in [0, 0.1) is 18.3 Å². The predicted molar refractivity (Wildman–Crippen MR) is 83.7 cm³/mol. The highest BCUT2D eigenvalue weighted by molar-refractivity contribution is 5.86. The van der Waals surface area contributed by atoms with Crippen LogP contribution in [-0.4, -0.2) is 12.6 Å². The van der Waals surface area contributed by atoms with E-state index in [4.69, 9.17) is 24.0 Å². The van der Waals surface area contributed by atoms with Crippen molar-refractivity contribution in [2.75, 3.05) is 6.61 Å². The molecule has 0 aromatic carbocycles. The Morgan fingerprint density at radius 1 is 1.40 bits per heavy atom. The molecular formula is C17H14N2O6. The summed E-state index contributed by atoms with van der Waals surface area (Å²) in [6.45, 7) is 3.45. The van der Waals surface area contributed by atoms with E-state index in [1.54, 1.807) is 13.8 Å². The molecule has 1 aliphatic rings. The van der Waals surface area contributed by atoms with Gasteiger partial charge in [-0.2, -0.15) is 5.26 Å². The number of allylic oxidation sites excluding steroid dienone is 1. The monoisotopic (exact) mass is 342 g/mol. The van der Waals surface area contributed by atoms with Crippen LogP contribution in [0.4, 0.5) is 0 Å². The highest BCUT2D eigenvalue weighted by atomic mass is 16.5. The molecule has 2 N–H and O–H groups in total. The largest absolute Gasteiger partial charge is 0.460 e. The smallest absolute Gasteiger partial charge is 0.374 e. The summed E-state index contributed by atoms with van der Waals surface area (Å²) >= 11 is 0. The molecule has 1 atom stereocenters. The number of carbonyl (C=O) groups is 1. The van der Waals surface area contributed by atoms with Crippen LogP contribution >= 0.6 is 0 Å². The van der Waals surface area contributed by atoms with Crippen LogP contribution in [0.1, 0.15) is 40.5 Å². The van der Waals surface area contributed by atoms with Gasteiger partial charge < -0.3 is 24.0 Å². The molecule has 0 fully saturated rings. The molecule has 0 saturated carbocycles. The molecule has 3 heterocycles. The number of carbonyl (C=O) groups excluding carboxylic acids is 1. The molecule has 0 amide bonds. The van der Waals surface area contributed by atoms with Gasteiger partial charge in [0.2, 0.25) is 11.6 Å². The summed E-state index contributed by atoms with van der Waals surface area (Å²) in [7, 11) is 0. The van der Waals surface area contributed by atoms with Gasteiger partial charge in [0, 0.05) is 6.07 Å². The third kappa shape index (κ3) is 2.76. The van der Waals surface area contributed by atoms with E-state index < -0.39 is 17.5 Å². The molecule has 0 aliphatic carbocycles. The van der Waals surface area contributed by atoms with Crippen LogP contribution in [0.5, 0.6) is 5.75 Å². The van der Waals surface area contributed by atoms with E-state index in [0.717, 1.165) is 0 Å². The van der Waals surface area contributed by atoms with Crippen LogP contribution < -0.4 is 16.1 Å². The van der Waals surface area contributed by atoms with Crippen LogP contribution in [0.3, 0.4) is 0 Å². The first-order valence-corrected chi connectivity index (χ1v) is 7.45. The zero-order chi connectivity index (χ0) is 18.1. The van der Waals surface area contributed by atoms with E-state index in [9.17, 15) is 14.9 Å². The lowest BCUT2D eigenvalue weighted by molar-refractivity contribution is 0.0488. The van der Waals surface area contributed by atoms with E-state index in [1.807, 2.05) is 6.07 Å². The Kier molecular flexibility index (Phi) is 4.07. The molecule has 0 spiro atoms. The maximum Gasteiger partial charge on any atom is 0.374 e. The molecule has 1 aliphatic heterocycles. The summed E-state index contributed by atoms with van der Waals surface area (Å²) in [6, 6.07) is 6.31. The highest BCUT2D eigenvalue weighted by Gasteiger charge is 2.36. The van der Waals surface area contributed by atoms with Gasteiger partial charge in [0.05, 0.1) is 18.1 Å². The molecular weight excluding hydrogens is 328 g/mol. The molecule has 128 valence electrons. The lowest BCUT2D eigenvalue weighted by atomic mass is 9.88. The number of ether oxygens (including phenoxy) is 2. The molecule has 2 aromatic rings. The van der Waals surface area contributed by atoms with E-state index in [0.29, 0.717) is 5.76 Å². The molecule has 25 heavy (non-hydrogen) atoms. The van der Waals surface area contributed by atoms with E-state index in [2.05, 4.69) is 0 Å². The average molecular weight is 342 g/mol. The Morgan fingerprint density at radius 3 is 2.84 bits per heavy atom. The van der Waals surface area contributed by atoms with E-state index in [-0.39, 0.29) is 40.9 Å². The molecule has 0 bridgehead atoms. The lowest BCUT2D eigenvalue weighted by Crippen LogP contribution is -2.26. The van der Waals surface area contributed by atoms with Crippen molar-refractivity contribution < 1.29 is 23.1 Å². The second-order valence-corrected chi connectivity index (χ2v) is 5.27. The average Bonchev–Trinajstić information content (AvgIpc) is 3.03. The highest BCUT2D eigenvalue weighted by Crippen LogP contribution is 2.41. The number of nitriles is 1. The van der Waals surface area contributed by atoms with Gasteiger partial charge in [-0.25, -0.2) is 9.59 Å². The normalized spacial score (nSPS) is 16.0. The summed E-state index contributed by atoms with van der Waals surface area (Å²) in [5.74, 6) is -1.06. The number of fused-ring (bicyclic) bond motifs is 1. The number of hydrogen-bond acceptors (Lipinski definition) is 8. The fourth-order valence-electron chi connectivity index (χ4n) is 2.62. The molecule has 8 heteroatoms. The fourth-order valence-corrected chi connectivity index (χ4v) is 2.62. The predicted octanol–water partition coefficient (Wildman–Crippen LogP) is 1.94. The number of hydrogen-bond donors (Lipinski definition) is 1. The quantitative estimate of drug-likeness (QED) is 0.838. The number of aryl methyl sites for hydroxylation is 1. The first-order valence-electron chi connectivity index (χ1n) is 7.45. The minimum Gasteiger partial charge on any atom is -0.460 e. The number of nitrogens with two attached hydrogens (primary N) is 1. The molecule has 3 rings (SSSR count). The van der Waals surface area contributed by atoms with Crippen molar-refractivity contribution in [1.29, 1.82) is 5.26 Å². The van der Waals surface area contributed by atoms with Gasteiger partial charge in [-0.15, -0.1) is 0 Å². The summed E-state index contributed by atoms with van der Waals surface area (Å²) in [5, 5.41) is 9.43. The van der Waals surface area contributed by atoms with Gasteiger partial charge in [-0.3, -0.25) is 0 Å². The van der Waals surface area contributed by atoms with Crippen LogP contribution in [-0.2, 0) is 4.74 Å². The van der Waals surface area contributed by atoms with Gasteiger partial charge in [-0.05, 0) is 26.0 Å². The van der Waals surface area contributed by atoms with Crippen molar-refractivity contribution >= 4 is 5.97 Å². The standard InChI is InChI=1S/C17H14N2O6/c1-3-22-16(20)11-5-4-10(24-11)13-9(7-18)15(19)25-12-6-8(2)23-17(21)14(12)13/h4-6,13H,3,19H2,1-2H3/t13-/m0/s1. The van der Waals surface area contributed by atoms with E-state index >= 15 is 0 Å². The van der Waals surface area contributed by atoms with Gasteiger partial charge >= 0.3 is 11.6 Å². The maximum absolute atomic E-state index is 12.3. The second-order valence-electron chi connectivity index (χ2n) is 5.27. The Hall–Kier alpha value is -3.47. The molecule has 0 unspecified atom stereocenters. The fraction of sp³-hybridized carbons (Fsp3) is 0.235. The third-order valence-corrected chi connectivity index (χ3v) is 3.64. The van der Waals surface area contributed by atoms with Gasteiger partial charge in [0.15, 0.2) is 0 Å². The SMILES string of the molecule is CCOC(=O)c1ccc([C@@H]2C(C#N)=C(N)Oc3cc(C)oc(=O)c32)o1. The third-order valence-electron chi connectivity index (χ3n) is 3.64. The minimum atomic E-state index is -0.936. The topological polar surface area (TPSA) is 129 Å². The van der Waals surface area contributed by atoms with Crippen LogP contribution in [0.2, 0.25) is 0 Å². The van der Waals surface area contributed by atoms with Crippen molar-refractivity contribution in [3.8, 4) is 11.8 Å². The maximum atomic E-state index is 12.3. The van der Waals surface area contributed by atoms with Crippen molar-refractivity contribution in [2.45, 2.75) is 19.8 Å². The molecule has 0 radical (unpaired) electrons. The van der Waals surface area contributed by atoms with Crippen molar-refractivity contribution in [3.63, 3.8) is 0 Å². The Morgan fingerprint density at radius 2 is 2.16 bits per heavy atom. The number of furan rings is 1. The van der Waals surface area contributed by atoms with Crippen LogP contribution in [0.15, 0.2) is 43.3 Å². The van der Waals surface area contributed by atoms with Crippen LogP contribution in [0.25, 0.3) is 0 Å². The van der Waals surface area contributed by atoms with Crippen molar-refractivity contribution in [2.24, 2.45) is 5.73 Å². The summed E-state index contributed by atoms with van der Waals surface area (Å²) in [5.41, 5.74) is 5.22. The Balaban J connectivity index is 2.16. The zero-order valence-corrected chi connectivity index (χ0v) is 13.5. The lowest BCUT2D eigenvalue weighted by Gasteiger charge is -2.23. The first kappa shape index (κ1) is 16.4. The molecule has 2 aromatic heterocycles. The second kappa shape index (κ2) is 6.20. The number of esters is 1. The number of nitrogens with zero attached hydrogens (tertiary/aromatic N) is 1. The summed E-state index contributed by atoms with van der Waals surface area (Å²) < 4.78 is 20.9. The summed E-state index contributed by atoms with van der Waals surface area (Å²) in [6.07, 6.45) is 0. The molecule has 8 nitrogen and oxygen atoms in total.